The third-order valence-electron chi connectivity index (χ3n) is 4.30. The van der Waals surface area contributed by atoms with Crippen molar-refractivity contribution in [2.24, 2.45) is 11.8 Å². The number of aromatic nitrogens is 1. The van der Waals surface area contributed by atoms with Gasteiger partial charge in [-0.25, -0.2) is 4.98 Å². The lowest BCUT2D eigenvalue weighted by Gasteiger charge is -2.24. The Morgan fingerprint density at radius 3 is 2.94 bits per heavy atom. The molecule has 2 fully saturated rings. The highest BCUT2D eigenvalue weighted by Crippen LogP contribution is 2.44. The Hall–Kier alpha value is -1.16. The summed E-state index contributed by atoms with van der Waals surface area (Å²) >= 11 is 5.39. The molecule has 4 heteroatoms. The first-order valence-electron chi connectivity index (χ1n) is 6.71. The van der Waals surface area contributed by atoms with Gasteiger partial charge in [0.2, 0.25) is 0 Å². The lowest BCUT2D eigenvalue weighted by atomic mass is 9.96. The Labute approximate surface area is 113 Å². The van der Waals surface area contributed by atoms with Crippen molar-refractivity contribution in [3.63, 3.8) is 0 Å². The van der Waals surface area contributed by atoms with E-state index in [0.717, 1.165) is 23.2 Å². The van der Waals surface area contributed by atoms with Crippen LogP contribution in [0.15, 0.2) is 18.3 Å². The molecule has 3 rings (SSSR count). The van der Waals surface area contributed by atoms with Gasteiger partial charge >= 0.3 is 0 Å². The molecule has 2 bridgehead atoms. The number of fused-ring (bicyclic) bond motifs is 2. The molecule has 0 radical (unpaired) electrons. The zero-order chi connectivity index (χ0) is 12.5. The smallest absolute Gasteiger partial charge is 0.172 e. The molecular weight excluding hydrogens is 242 g/mol. The average molecular weight is 261 g/mol. The lowest BCUT2D eigenvalue weighted by molar-refractivity contribution is 0.392. The highest BCUT2D eigenvalue weighted by Gasteiger charge is 2.39. The highest BCUT2D eigenvalue weighted by atomic mass is 32.1. The summed E-state index contributed by atoms with van der Waals surface area (Å²) < 4.78 is 0. The molecule has 96 valence electrons. The second kappa shape index (κ2) is 4.84. The third kappa shape index (κ3) is 2.34. The summed E-state index contributed by atoms with van der Waals surface area (Å²) in [6.07, 6.45) is 7.25. The molecule has 0 saturated heterocycles. The summed E-state index contributed by atoms with van der Waals surface area (Å²) in [5.74, 6) is 2.63. The minimum Gasteiger partial charge on any atom is -0.359 e. The predicted octanol–water partition coefficient (Wildman–Crippen LogP) is 2.87. The first-order valence-corrected chi connectivity index (χ1v) is 7.12. The highest BCUT2D eigenvalue weighted by molar-refractivity contribution is 7.80. The van der Waals surface area contributed by atoms with Crippen LogP contribution in [-0.4, -0.2) is 16.1 Å². The minimum absolute atomic E-state index is 0.577. The van der Waals surface area contributed by atoms with E-state index < -0.39 is 0 Å². The third-order valence-corrected chi connectivity index (χ3v) is 4.52. The van der Waals surface area contributed by atoms with E-state index in [1.165, 1.54) is 25.7 Å². The molecule has 1 aromatic heterocycles. The number of hydrogen-bond acceptors (Lipinski definition) is 2. The van der Waals surface area contributed by atoms with Crippen LogP contribution in [0.25, 0.3) is 0 Å². The van der Waals surface area contributed by atoms with Crippen LogP contribution in [0.4, 0.5) is 5.82 Å². The van der Waals surface area contributed by atoms with Gasteiger partial charge in [-0.2, -0.15) is 0 Å². The molecule has 2 aliphatic carbocycles. The fourth-order valence-electron chi connectivity index (χ4n) is 3.35. The molecule has 0 unspecified atom stereocenters. The van der Waals surface area contributed by atoms with E-state index in [1.54, 1.807) is 6.20 Å². The van der Waals surface area contributed by atoms with Crippen molar-refractivity contribution >= 4 is 23.1 Å². The van der Waals surface area contributed by atoms with Gasteiger partial charge in [0.25, 0.3) is 0 Å². The fourth-order valence-corrected chi connectivity index (χ4v) is 3.60. The van der Waals surface area contributed by atoms with E-state index in [4.69, 9.17) is 12.2 Å². The SMILES string of the molecule is Cc1cccnc1NC(=S)N[C@@H]1C[C@@H]2CC[C@@H]1C2. The van der Waals surface area contributed by atoms with Crippen LogP contribution < -0.4 is 10.6 Å². The number of pyridine rings is 1. The number of nitrogens with zero attached hydrogens (tertiary/aromatic N) is 1. The molecule has 3 nitrogen and oxygen atoms in total. The first-order chi connectivity index (χ1) is 8.72. The van der Waals surface area contributed by atoms with Crippen molar-refractivity contribution in [2.45, 2.75) is 38.6 Å². The van der Waals surface area contributed by atoms with E-state index in [2.05, 4.69) is 15.6 Å². The van der Waals surface area contributed by atoms with Gasteiger partial charge in [0, 0.05) is 12.2 Å². The molecule has 3 atom stereocenters. The number of hydrogen-bond donors (Lipinski definition) is 2. The van der Waals surface area contributed by atoms with Gasteiger partial charge in [-0.15, -0.1) is 0 Å². The Balaban J connectivity index is 1.58. The number of nitrogens with one attached hydrogen (secondary N) is 2. The second-order valence-electron chi connectivity index (χ2n) is 5.55. The van der Waals surface area contributed by atoms with Crippen molar-refractivity contribution < 1.29 is 0 Å². The van der Waals surface area contributed by atoms with Crippen LogP contribution in [0.2, 0.25) is 0 Å². The van der Waals surface area contributed by atoms with E-state index >= 15 is 0 Å². The largest absolute Gasteiger partial charge is 0.359 e. The zero-order valence-electron chi connectivity index (χ0n) is 10.6. The van der Waals surface area contributed by atoms with Crippen LogP contribution in [0.5, 0.6) is 0 Å². The van der Waals surface area contributed by atoms with Crippen molar-refractivity contribution in [3.05, 3.63) is 23.9 Å². The number of anilines is 1. The lowest BCUT2D eigenvalue weighted by Crippen LogP contribution is -2.41. The summed E-state index contributed by atoms with van der Waals surface area (Å²) in [6, 6.07) is 4.55. The predicted molar refractivity (Wildman–Crippen MR) is 77.6 cm³/mol. The molecule has 1 aromatic rings. The number of rotatable bonds is 2. The quantitative estimate of drug-likeness (QED) is 0.803. The van der Waals surface area contributed by atoms with Gasteiger partial charge in [-0.05, 0) is 61.9 Å². The Morgan fingerprint density at radius 1 is 1.39 bits per heavy atom. The van der Waals surface area contributed by atoms with Gasteiger partial charge in [0.05, 0.1) is 0 Å². The van der Waals surface area contributed by atoms with Crippen LogP contribution in [0, 0.1) is 18.8 Å². The Morgan fingerprint density at radius 2 is 2.28 bits per heavy atom. The van der Waals surface area contributed by atoms with Crippen molar-refractivity contribution in [3.8, 4) is 0 Å². The zero-order valence-corrected chi connectivity index (χ0v) is 11.5. The Bertz CT molecular complexity index is 460. The van der Waals surface area contributed by atoms with Gasteiger partial charge in [-0.3, -0.25) is 0 Å². The molecular formula is C14H19N3S. The maximum absolute atomic E-state index is 5.39. The normalized spacial score (nSPS) is 29.3. The summed E-state index contributed by atoms with van der Waals surface area (Å²) in [7, 11) is 0. The van der Waals surface area contributed by atoms with Crippen LogP contribution in [-0.2, 0) is 0 Å². The molecule has 2 saturated carbocycles. The van der Waals surface area contributed by atoms with Crippen molar-refractivity contribution in [1.29, 1.82) is 0 Å². The van der Waals surface area contributed by atoms with Crippen LogP contribution >= 0.6 is 12.2 Å². The average Bonchev–Trinajstić information content (AvgIpc) is 2.94. The van der Waals surface area contributed by atoms with E-state index in [0.29, 0.717) is 11.2 Å². The van der Waals surface area contributed by atoms with E-state index in [1.807, 2.05) is 19.1 Å². The van der Waals surface area contributed by atoms with Crippen molar-refractivity contribution in [1.82, 2.24) is 10.3 Å². The van der Waals surface area contributed by atoms with Gasteiger partial charge in [0.15, 0.2) is 5.11 Å². The summed E-state index contributed by atoms with van der Waals surface area (Å²) in [6.45, 7) is 2.04. The second-order valence-corrected chi connectivity index (χ2v) is 5.96. The summed E-state index contributed by atoms with van der Waals surface area (Å²) in [5, 5.41) is 7.39. The maximum Gasteiger partial charge on any atom is 0.172 e. The number of aryl methyl sites for hydroxylation is 1. The van der Waals surface area contributed by atoms with Crippen LogP contribution in [0.1, 0.15) is 31.2 Å². The molecule has 0 spiro atoms. The molecule has 2 aliphatic rings. The van der Waals surface area contributed by atoms with Crippen LogP contribution in [0.3, 0.4) is 0 Å². The standard InChI is InChI=1S/C14H19N3S/c1-9-3-2-6-15-13(9)17-14(18)16-12-8-10-4-5-11(12)7-10/h2-3,6,10-12H,4-5,7-8H2,1H3,(H2,15,16,17,18)/t10-,11-,12-/m1/s1. The van der Waals surface area contributed by atoms with Gasteiger partial charge < -0.3 is 10.6 Å². The van der Waals surface area contributed by atoms with Gasteiger partial charge in [0.1, 0.15) is 5.82 Å². The fraction of sp³-hybridized carbons (Fsp3) is 0.571. The van der Waals surface area contributed by atoms with Crippen molar-refractivity contribution in [2.75, 3.05) is 5.32 Å². The molecule has 2 N–H and O–H groups in total. The minimum atomic E-state index is 0.577. The molecule has 0 aromatic carbocycles. The topological polar surface area (TPSA) is 37.0 Å². The monoisotopic (exact) mass is 261 g/mol. The van der Waals surface area contributed by atoms with E-state index in [-0.39, 0.29) is 0 Å². The number of thiocarbonyl (C=S) groups is 1. The maximum atomic E-state index is 5.39. The molecule has 18 heavy (non-hydrogen) atoms. The molecule has 1 heterocycles. The van der Waals surface area contributed by atoms with Gasteiger partial charge in [-0.1, -0.05) is 12.5 Å². The molecule has 0 amide bonds. The summed E-state index contributed by atoms with van der Waals surface area (Å²) in [5.41, 5.74) is 1.12. The molecule has 0 aliphatic heterocycles. The van der Waals surface area contributed by atoms with E-state index in [9.17, 15) is 0 Å². The Kier molecular flexibility index (Phi) is 3.20. The first kappa shape index (κ1) is 11.9. The summed E-state index contributed by atoms with van der Waals surface area (Å²) in [4.78, 5) is 4.30.